The molecule has 7 nitrogen and oxygen atoms in total. The molecule has 0 bridgehead atoms. The second-order valence-corrected chi connectivity index (χ2v) is 7.81. The minimum Gasteiger partial charge on any atom is -0.477 e. The molecule has 1 saturated heterocycles. The summed E-state index contributed by atoms with van der Waals surface area (Å²) >= 11 is 2.73. The van der Waals surface area contributed by atoms with Crippen LogP contribution in [-0.4, -0.2) is 54.0 Å². The van der Waals surface area contributed by atoms with Crippen LogP contribution < -0.4 is 5.32 Å². The number of hydrogen-bond acceptors (Lipinski definition) is 6. The molecule has 1 aromatic rings. The predicted octanol–water partition coefficient (Wildman–Crippen LogP) is 0.240. The second kappa shape index (κ2) is 6.54. The van der Waals surface area contributed by atoms with Crippen molar-refractivity contribution in [1.82, 2.24) is 10.2 Å². The first kappa shape index (κ1) is 16.9. The summed E-state index contributed by atoms with van der Waals surface area (Å²) in [5, 5.41) is 13.1. The van der Waals surface area contributed by atoms with Crippen LogP contribution in [0.5, 0.6) is 0 Å². The smallest absolute Gasteiger partial charge is 0.352 e. The number of carboxylic acid groups (broad SMARTS) is 1. The van der Waals surface area contributed by atoms with Crippen LogP contribution in [0.25, 0.3) is 0 Å². The number of β-lactam (4-membered cyclic amide) rings is 1. The fourth-order valence-electron chi connectivity index (χ4n) is 2.58. The maximum Gasteiger partial charge on any atom is 0.352 e. The van der Waals surface area contributed by atoms with Gasteiger partial charge in [-0.3, -0.25) is 14.5 Å². The van der Waals surface area contributed by atoms with Gasteiger partial charge in [0.1, 0.15) is 33.2 Å². The van der Waals surface area contributed by atoms with Gasteiger partial charge in [0.05, 0.1) is 4.88 Å². The molecule has 1 fully saturated rings. The van der Waals surface area contributed by atoms with Crippen LogP contribution >= 0.6 is 23.1 Å². The van der Waals surface area contributed by atoms with Gasteiger partial charge in [-0.1, -0.05) is 6.07 Å². The maximum absolute atomic E-state index is 12.3. The maximum atomic E-state index is 12.3. The van der Waals surface area contributed by atoms with Crippen molar-refractivity contribution in [3.05, 3.63) is 33.7 Å². The largest absolute Gasteiger partial charge is 0.477 e. The molecular formula is C14H12N2O5S3. The molecule has 126 valence electrons. The third-order valence-electron chi connectivity index (χ3n) is 3.68. The third-order valence-corrected chi connectivity index (χ3v) is 6.70. The average molecular weight is 384 g/mol. The number of aliphatic carboxylic acids is 1. The van der Waals surface area contributed by atoms with E-state index in [2.05, 4.69) is 5.32 Å². The van der Waals surface area contributed by atoms with E-state index in [1.807, 2.05) is 0 Å². The summed E-state index contributed by atoms with van der Waals surface area (Å²) in [5.74, 6) is -1.77. The van der Waals surface area contributed by atoms with Crippen molar-refractivity contribution >= 4 is 57.0 Å². The molecule has 2 N–H and O–H groups in total. The summed E-state index contributed by atoms with van der Waals surface area (Å²) in [5.41, 5.74) is 0.595. The van der Waals surface area contributed by atoms with E-state index >= 15 is 0 Å². The van der Waals surface area contributed by atoms with E-state index in [4.69, 9.17) is 0 Å². The lowest BCUT2D eigenvalue weighted by atomic mass is 10.0. The van der Waals surface area contributed by atoms with E-state index in [1.165, 1.54) is 28.0 Å². The highest BCUT2D eigenvalue weighted by molar-refractivity contribution is 8.00. The van der Waals surface area contributed by atoms with Crippen molar-refractivity contribution in [2.24, 2.45) is 0 Å². The van der Waals surface area contributed by atoms with Crippen LogP contribution in [-0.2, 0) is 25.6 Å². The molecule has 10 heteroatoms. The second-order valence-electron chi connectivity index (χ2n) is 5.18. The Labute approximate surface area is 148 Å². The molecule has 3 rings (SSSR count). The molecule has 0 radical (unpaired) electrons. The number of thioether (sulfide) groups is 1. The Balaban J connectivity index is 1.77. The number of rotatable bonds is 4. The molecule has 3 heterocycles. The van der Waals surface area contributed by atoms with Crippen LogP contribution in [0.15, 0.2) is 28.8 Å². The minimum atomic E-state index is -1.16. The molecule has 0 aliphatic carbocycles. The zero-order chi connectivity index (χ0) is 17.4. The molecule has 0 spiro atoms. The number of thiophene rings is 1. The Kier molecular flexibility index (Phi) is 4.61. The van der Waals surface area contributed by atoms with E-state index in [9.17, 15) is 23.7 Å². The van der Waals surface area contributed by atoms with Gasteiger partial charge in [0.25, 0.3) is 11.8 Å². The summed E-state index contributed by atoms with van der Waals surface area (Å²) in [4.78, 5) is 37.7. The van der Waals surface area contributed by atoms with Gasteiger partial charge in [-0.05, 0) is 23.9 Å². The Morgan fingerprint density at radius 3 is 2.79 bits per heavy atom. The standard InChI is InChI=1S/C14H12N2O5S3/c1-6-5-23-13-8(12(18)16(13)9(6)14(19)20)15-11(17)10(24-21)7-3-2-4-22-7/h2-4,8,13H,5H2,1H3,(H,15,17)(H,19,20)/t8?,13-/m1/s1. The highest BCUT2D eigenvalue weighted by Gasteiger charge is 2.53. The summed E-state index contributed by atoms with van der Waals surface area (Å²) < 4.78 is 11.2. The first-order valence-corrected chi connectivity index (χ1v) is 9.52. The SMILES string of the molecule is CC1=C(C(=O)O)N2C(=O)C(NC(=O)C(=S=O)c3cccs3)[C@H]2SC1. The quantitative estimate of drug-likeness (QED) is 0.438. The van der Waals surface area contributed by atoms with Crippen LogP contribution in [0, 0.1) is 0 Å². The monoisotopic (exact) mass is 384 g/mol. The van der Waals surface area contributed by atoms with Crippen molar-refractivity contribution in [2.45, 2.75) is 18.3 Å². The van der Waals surface area contributed by atoms with Gasteiger partial charge in [-0.25, -0.2) is 9.00 Å². The lowest BCUT2D eigenvalue weighted by Crippen LogP contribution is -2.71. The molecule has 2 atom stereocenters. The van der Waals surface area contributed by atoms with Crippen molar-refractivity contribution < 1.29 is 23.7 Å². The molecular weight excluding hydrogens is 372 g/mol. The Morgan fingerprint density at radius 2 is 2.21 bits per heavy atom. The lowest BCUT2D eigenvalue weighted by Gasteiger charge is -2.49. The number of fused-ring (bicyclic) bond motifs is 1. The van der Waals surface area contributed by atoms with E-state index in [-0.39, 0.29) is 21.8 Å². The normalized spacial score (nSPS) is 22.5. The minimum absolute atomic E-state index is 0.00207. The number of hydrogen-bond donors (Lipinski definition) is 2. The number of carbonyl (C=O) groups excluding carboxylic acids is 2. The molecule has 2 aliphatic heterocycles. The molecule has 2 aliphatic rings. The fourth-order valence-corrected chi connectivity index (χ4v) is 5.07. The van der Waals surface area contributed by atoms with Gasteiger partial charge >= 0.3 is 5.97 Å². The summed E-state index contributed by atoms with van der Waals surface area (Å²) in [7, 11) is 0. The lowest BCUT2D eigenvalue weighted by molar-refractivity contribution is -0.150. The molecule has 24 heavy (non-hydrogen) atoms. The van der Waals surface area contributed by atoms with E-state index in [0.717, 1.165) is 0 Å². The molecule has 2 amide bonds. The molecule has 1 aromatic heterocycles. The van der Waals surface area contributed by atoms with Crippen LogP contribution in [0.2, 0.25) is 0 Å². The van der Waals surface area contributed by atoms with Gasteiger partial charge in [0.2, 0.25) is 0 Å². The van der Waals surface area contributed by atoms with Gasteiger partial charge < -0.3 is 10.4 Å². The van der Waals surface area contributed by atoms with Gasteiger partial charge in [0, 0.05) is 5.75 Å². The molecule has 0 aromatic carbocycles. The molecule has 1 unspecified atom stereocenters. The fraction of sp³-hybridized carbons (Fsp3) is 0.286. The van der Waals surface area contributed by atoms with Crippen molar-refractivity contribution in [3.63, 3.8) is 0 Å². The summed E-state index contributed by atoms with van der Waals surface area (Å²) in [6, 6.07) is 2.55. The highest BCUT2D eigenvalue weighted by atomic mass is 32.2. The van der Waals surface area contributed by atoms with Crippen LogP contribution in [0.4, 0.5) is 0 Å². The Bertz CT molecular complexity index is 810. The van der Waals surface area contributed by atoms with Crippen molar-refractivity contribution in [3.8, 4) is 0 Å². The van der Waals surface area contributed by atoms with Crippen molar-refractivity contribution in [1.29, 1.82) is 0 Å². The summed E-state index contributed by atoms with van der Waals surface area (Å²) in [6.45, 7) is 1.67. The zero-order valence-electron chi connectivity index (χ0n) is 12.3. The van der Waals surface area contributed by atoms with Crippen molar-refractivity contribution in [2.75, 3.05) is 5.75 Å². The number of nitrogens with zero attached hydrogens (tertiary/aromatic N) is 1. The average Bonchev–Trinajstić information content (AvgIpc) is 3.07. The third kappa shape index (κ3) is 2.70. The number of nitrogens with one attached hydrogen (secondary N) is 1. The zero-order valence-corrected chi connectivity index (χ0v) is 14.8. The Hall–Kier alpha value is -1.91. The molecule has 0 saturated carbocycles. The van der Waals surface area contributed by atoms with Crippen LogP contribution in [0.1, 0.15) is 11.8 Å². The summed E-state index contributed by atoms with van der Waals surface area (Å²) in [6.07, 6.45) is 0. The highest BCUT2D eigenvalue weighted by Crippen LogP contribution is 2.40. The van der Waals surface area contributed by atoms with Crippen LogP contribution in [0.3, 0.4) is 0 Å². The van der Waals surface area contributed by atoms with Gasteiger partial charge in [-0.15, -0.1) is 23.1 Å². The first-order valence-electron chi connectivity index (χ1n) is 6.85. The number of carbonyl (C=O) groups is 3. The van der Waals surface area contributed by atoms with E-state index < -0.39 is 29.2 Å². The number of amides is 2. The Morgan fingerprint density at radius 1 is 1.46 bits per heavy atom. The topological polar surface area (TPSA) is 104 Å². The van der Waals surface area contributed by atoms with Gasteiger partial charge in [0.15, 0.2) is 0 Å². The first-order chi connectivity index (χ1) is 11.5. The van der Waals surface area contributed by atoms with E-state index in [0.29, 0.717) is 16.2 Å². The predicted molar refractivity (Wildman–Crippen MR) is 91.9 cm³/mol. The van der Waals surface area contributed by atoms with Gasteiger partial charge in [-0.2, -0.15) is 0 Å². The number of carboxylic acids is 1. The van der Waals surface area contributed by atoms with E-state index in [1.54, 1.807) is 24.4 Å².